The summed E-state index contributed by atoms with van der Waals surface area (Å²) >= 11 is 1.38. The van der Waals surface area contributed by atoms with Gasteiger partial charge in [-0.15, -0.1) is 11.3 Å². The molecule has 0 spiro atoms. The summed E-state index contributed by atoms with van der Waals surface area (Å²) < 4.78 is 27.5. The Balaban J connectivity index is 2.08. The van der Waals surface area contributed by atoms with E-state index in [1.807, 2.05) is 20.8 Å². The zero-order valence-corrected chi connectivity index (χ0v) is 13.3. The molecule has 0 bridgehead atoms. The highest BCUT2D eigenvalue weighted by atomic mass is 32.2. The van der Waals surface area contributed by atoms with E-state index in [1.165, 1.54) is 24.2 Å². The Morgan fingerprint density at radius 1 is 1.47 bits per heavy atom. The van der Waals surface area contributed by atoms with Crippen LogP contribution in [0.25, 0.3) is 0 Å². The summed E-state index contributed by atoms with van der Waals surface area (Å²) in [7, 11) is -3.36. The molecular formula is C13H22N2O2S2. The number of hydrogen-bond donors (Lipinski definition) is 2. The van der Waals surface area contributed by atoms with Gasteiger partial charge in [0.2, 0.25) is 10.0 Å². The second-order valence-corrected chi connectivity index (χ2v) is 8.33. The number of nitrogens with one attached hydrogen (secondary N) is 2. The standard InChI is InChI=1S/C13H22N2O2S2/c1-4-10(3)15-19(16,17)13-7-9(2)12(18-13)8-14-11-5-6-11/h7,10-11,14-15H,4-6,8H2,1-3H3. The van der Waals surface area contributed by atoms with Gasteiger partial charge in [-0.3, -0.25) is 0 Å². The molecule has 1 aromatic heterocycles. The average Bonchev–Trinajstić information content (AvgIpc) is 3.09. The van der Waals surface area contributed by atoms with Crippen molar-refractivity contribution in [1.29, 1.82) is 0 Å². The quantitative estimate of drug-likeness (QED) is 0.813. The molecule has 1 atom stereocenters. The van der Waals surface area contributed by atoms with Gasteiger partial charge in [-0.25, -0.2) is 13.1 Å². The molecular weight excluding hydrogens is 280 g/mol. The Labute approximate surface area is 119 Å². The van der Waals surface area contributed by atoms with Crippen LogP contribution in [-0.4, -0.2) is 20.5 Å². The Morgan fingerprint density at radius 3 is 2.74 bits per heavy atom. The summed E-state index contributed by atoms with van der Waals surface area (Å²) in [5.41, 5.74) is 1.06. The van der Waals surface area contributed by atoms with E-state index in [9.17, 15) is 8.42 Å². The molecule has 0 aromatic carbocycles. The molecule has 0 aliphatic heterocycles. The van der Waals surface area contributed by atoms with E-state index in [4.69, 9.17) is 0 Å². The highest BCUT2D eigenvalue weighted by molar-refractivity contribution is 7.91. The molecule has 0 radical (unpaired) electrons. The van der Waals surface area contributed by atoms with E-state index < -0.39 is 10.0 Å². The molecule has 1 aromatic rings. The molecule has 1 saturated carbocycles. The third kappa shape index (κ3) is 4.02. The molecule has 19 heavy (non-hydrogen) atoms. The Kier molecular flexibility index (Phi) is 4.66. The Bertz CT molecular complexity index is 533. The lowest BCUT2D eigenvalue weighted by Crippen LogP contribution is -2.31. The fourth-order valence-electron chi connectivity index (χ4n) is 1.73. The lowest BCUT2D eigenvalue weighted by Gasteiger charge is -2.10. The number of hydrogen-bond acceptors (Lipinski definition) is 4. The van der Waals surface area contributed by atoms with Gasteiger partial charge in [0.25, 0.3) is 0 Å². The summed E-state index contributed by atoms with van der Waals surface area (Å²) in [6.07, 6.45) is 3.27. The van der Waals surface area contributed by atoms with E-state index in [-0.39, 0.29) is 6.04 Å². The van der Waals surface area contributed by atoms with E-state index >= 15 is 0 Å². The van der Waals surface area contributed by atoms with Crippen molar-refractivity contribution in [2.75, 3.05) is 0 Å². The number of rotatable bonds is 7. The molecule has 0 amide bonds. The highest BCUT2D eigenvalue weighted by Gasteiger charge is 2.23. The third-order valence-electron chi connectivity index (χ3n) is 3.36. The second kappa shape index (κ2) is 5.91. The zero-order valence-electron chi connectivity index (χ0n) is 11.7. The van der Waals surface area contributed by atoms with Gasteiger partial charge in [0.1, 0.15) is 4.21 Å². The average molecular weight is 302 g/mol. The zero-order chi connectivity index (χ0) is 14.0. The van der Waals surface area contributed by atoms with Crippen molar-refractivity contribution >= 4 is 21.4 Å². The van der Waals surface area contributed by atoms with Crippen LogP contribution < -0.4 is 10.0 Å². The summed E-state index contributed by atoms with van der Waals surface area (Å²) in [5, 5.41) is 3.43. The maximum atomic E-state index is 12.2. The van der Waals surface area contributed by atoms with Crippen LogP contribution in [0.4, 0.5) is 0 Å². The van der Waals surface area contributed by atoms with Crippen LogP contribution in [0.2, 0.25) is 0 Å². The molecule has 1 aliphatic carbocycles. The van der Waals surface area contributed by atoms with Crippen LogP contribution in [0, 0.1) is 6.92 Å². The van der Waals surface area contributed by atoms with Gasteiger partial charge >= 0.3 is 0 Å². The van der Waals surface area contributed by atoms with E-state index in [2.05, 4.69) is 10.0 Å². The number of thiophene rings is 1. The first-order chi connectivity index (χ1) is 8.92. The number of sulfonamides is 1. The van der Waals surface area contributed by atoms with Crippen LogP contribution in [0.5, 0.6) is 0 Å². The van der Waals surface area contributed by atoms with Crippen molar-refractivity contribution in [3.05, 3.63) is 16.5 Å². The van der Waals surface area contributed by atoms with Crippen LogP contribution in [-0.2, 0) is 16.6 Å². The van der Waals surface area contributed by atoms with Crippen molar-refractivity contribution in [2.45, 2.75) is 62.9 Å². The molecule has 0 saturated heterocycles. The van der Waals surface area contributed by atoms with Crippen molar-refractivity contribution in [3.8, 4) is 0 Å². The van der Waals surface area contributed by atoms with E-state index in [0.717, 1.165) is 23.4 Å². The molecule has 6 heteroatoms. The first-order valence-electron chi connectivity index (χ1n) is 6.77. The Hall–Kier alpha value is -0.430. The fourth-order valence-corrected chi connectivity index (χ4v) is 4.61. The summed E-state index contributed by atoms with van der Waals surface area (Å²) in [4.78, 5) is 1.12. The lowest BCUT2D eigenvalue weighted by atomic mass is 10.3. The van der Waals surface area contributed by atoms with Gasteiger partial charge < -0.3 is 5.32 Å². The minimum Gasteiger partial charge on any atom is -0.309 e. The summed E-state index contributed by atoms with van der Waals surface area (Å²) in [6, 6.07) is 2.39. The summed E-state index contributed by atoms with van der Waals surface area (Å²) in [6.45, 7) is 6.61. The normalized spacial score (nSPS) is 17.6. The third-order valence-corrected chi connectivity index (χ3v) is 6.66. The maximum absolute atomic E-state index is 12.2. The summed E-state index contributed by atoms with van der Waals surface area (Å²) in [5.74, 6) is 0. The van der Waals surface area contributed by atoms with Crippen molar-refractivity contribution < 1.29 is 8.42 Å². The molecule has 1 unspecified atom stereocenters. The van der Waals surface area contributed by atoms with Crippen LogP contribution in [0.1, 0.15) is 43.6 Å². The van der Waals surface area contributed by atoms with Gasteiger partial charge in [0.05, 0.1) is 0 Å². The number of aryl methyl sites for hydroxylation is 1. The fraction of sp³-hybridized carbons (Fsp3) is 0.692. The van der Waals surface area contributed by atoms with Crippen molar-refractivity contribution in [3.63, 3.8) is 0 Å². The molecule has 2 rings (SSSR count). The SMILES string of the molecule is CCC(C)NS(=O)(=O)c1cc(C)c(CNC2CC2)s1. The minimum absolute atomic E-state index is 0.0274. The van der Waals surface area contributed by atoms with Gasteiger partial charge in [0.15, 0.2) is 0 Å². The topological polar surface area (TPSA) is 58.2 Å². The molecule has 108 valence electrons. The van der Waals surface area contributed by atoms with E-state index in [0.29, 0.717) is 10.3 Å². The maximum Gasteiger partial charge on any atom is 0.250 e. The van der Waals surface area contributed by atoms with Gasteiger partial charge in [-0.2, -0.15) is 0 Å². The van der Waals surface area contributed by atoms with Gasteiger partial charge in [-0.05, 0) is 44.7 Å². The van der Waals surface area contributed by atoms with Gasteiger partial charge in [0, 0.05) is 23.5 Å². The minimum atomic E-state index is -3.36. The van der Waals surface area contributed by atoms with Crippen molar-refractivity contribution in [2.24, 2.45) is 0 Å². The molecule has 4 nitrogen and oxygen atoms in total. The first kappa shape index (κ1) is 15.0. The van der Waals surface area contributed by atoms with Gasteiger partial charge in [-0.1, -0.05) is 6.92 Å². The van der Waals surface area contributed by atoms with Crippen LogP contribution in [0.3, 0.4) is 0 Å². The molecule has 2 N–H and O–H groups in total. The van der Waals surface area contributed by atoms with Crippen molar-refractivity contribution in [1.82, 2.24) is 10.0 Å². The highest BCUT2D eigenvalue weighted by Crippen LogP contribution is 2.27. The van der Waals surface area contributed by atoms with Crippen LogP contribution in [0.15, 0.2) is 10.3 Å². The predicted octanol–water partition coefficient (Wildman–Crippen LogP) is 2.39. The first-order valence-corrected chi connectivity index (χ1v) is 9.07. The molecule has 1 aliphatic rings. The monoisotopic (exact) mass is 302 g/mol. The molecule has 1 fully saturated rings. The Morgan fingerprint density at radius 2 is 2.16 bits per heavy atom. The van der Waals surface area contributed by atoms with Crippen LogP contribution >= 0.6 is 11.3 Å². The lowest BCUT2D eigenvalue weighted by molar-refractivity contribution is 0.558. The largest absolute Gasteiger partial charge is 0.309 e. The predicted molar refractivity (Wildman–Crippen MR) is 79.0 cm³/mol. The van der Waals surface area contributed by atoms with E-state index in [1.54, 1.807) is 6.07 Å². The smallest absolute Gasteiger partial charge is 0.250 e. The molecule has 1 heterocycles. The second-order valence-electron chi connectivity index (χ2n) is 5.26.